The van der Waals surface area contributed by atoms with Crippen molar-refractivity contribution in [2.24, 2.45) is 5.92 Å². The van der Waals surface area contributed by atoms with Crippen molar-refractivity contribution in [3.8, 4) is 0 Å². The first-order valence-corrected chi connectivity index (χ1v) is 7.79. The SMILES string of the molecule is O=S1(=O)CCC(C(O)c2cc(Cl)cc(Cl)c2)C1. The van der Waals surface area contributed by atoms with Crippen LogP contribution in [0.4, 0.5) is 0 Å². The summed E-state index contributed by atoms with van der Waals surface area (Å²) in [6, 6.07) is 4.80. The lowest BCUT2D eigenvalue weighted by molar-refractivity contribution is 0.121. The minimum Gasteiger partial charge on any atom is -0.388 e. The van der Waals surface area contributed by atoms with Gasteiger partial charge in [0.1, 0.15) is 0 Å². The summed E-state index contributed by atoms with van der Waals surface area (Å²) in [7, 11) is -2.99. The molecule has 1 aromatic rings. The van der Waals surface area contributed by atoms with E-state index in [0.29, 0.717) is 22.0 Å². The second-order valence-electron chi connectivity index (χ2n) is 4.31. The molecule has 2 unspecified atom stereocenters. The highest BCUT2D eigenvalue weighted by molar-refractivity contribution is 7.91. The van der Waals surface area contributed by atoms with Crippen LogP contribution in [-0.2, 0) is 9.84 Å². The topological polar surface area (TPSA) is 54.4 Å². The van der Waals surface area contributed by atoms with E-state index < -0.39 is 15.9 Å². The average molecular weight is 295 g/mol. The highest BCUT2D eigenvalue weighted by Gasteiger charge is 2.33. The van der Waals surface area contributed by atoms with Gasteiger partial charge in [-0.3, -0.25) is 0 Å². The lowest BCUT2D eigenvalue weighted by Gasteiger charge is -2.17. The largest absolute Gasteiger partial charge is 0.388 e. The fourth-order valence-corrected chi connectivity index (χ4v) is 4.46. The Bertz CT molecular complexity index is 507. The highest BCUT2D eigenvalue weighted by Crippen LogP contribution is 2.33. The molecule has 2 rings (SSSR count). The zero-order valence-electron chi connectivity index (χ0n) is 8.94. The molecule has 6 heteroatoms. The van der Waals surface area contributed by atoms with Crippen LogP contribution in [0.3, 0.4) is 0 Å². The van der Waals surface area contributed by atoms with Gasteiger partial charge in [-0.25, -0.2) is 8.42 Å². The Labute approximate surface area is 110 Å². The molecule has 0 saturated carbocycles. The van der Waals surface area contributed by atoms with Crippen molar-refractivity contribution in [2.75, 3.05) is 11.5 Å². The number of hydrogen-bond donors (Lipinski definition) is 1. The van der Waals surface area contributed by atoms with Crippen LogP contribution in [0, 0.1) is 5.92 Å². The maximum Gasteiger partial charge on any atom is 0.150 e. The van der Waals surface area contributed by atoms with Gasteiger partial charge < -0.3 is 5.11 Å². The first-order chi connectivity index (χ1) is 7.87. The fourth-order valence-electron chi connectivity index (χ4n) is 2.09. The van der Waals surface area contributed by atoms with E-state index in [2.05, 4.69) is 0 Å². The van der Waals surface area contributed by atoms with Crippen LogP contribution in [0.15, 0.2) is 18.2 Å². The van der Waals surface area contributed by atoms with Gasteiger partial charge in [0, 0.05) is 16.0 Å². The van der Waals surface area contributed by atoms with Crippen molar-refractivity contribution in [2.45, 2.75) is 12.5 Å². The summed E-state index contributed by atoms with van der Waals surface area (Å²) >= 11 is 11.7. The number of sulfone groups is 1. The summed E-state index contributed by atoms with van der Waals surface area (Å²) < 4.78 is 22.7. The van der Waals surface area contributed by atoms with Gasteiger partial charge in [0.05, 0.1) is 17.6 Å². The molecular weight excluding hydrogens is 283 g/mol. The van der Waals surface area contributed by atoms with Gasteiger partial charge in [-0.15, -0.1) is 0 Å². The van der Waals surface area contributed by atoms with Crippen molar-refractivity contribution in [3.05, 3.63) is 33.8 Å². The molecule has 1 saturated heterocycles. The van der Waals surface area contributed by atoms with Crippen LogP contribution >= 0.6 is 23.2 Å². The summed E-state index contributed by atoms with van der Waals surface area (Å²) in [5, 5.41) is 11.0. The van der Waals surface area contributed by atoms with E-state index >= 15 is 0 Å². The smallest absolute Gasteiger partial charge is 0.150 e. The predicted octanol–water partition coefficient (Wildman–Crippen LogP) is 2.46. The van der Waals surface area contributed by atoms with Crippen molar-refractivity contribution in [1.82, 2.24) is 0 Å². The molecule has 2 atom stereocenters. The third kappa shape index (κ3) is 3.13. The highest BCUT2D eigenvalue weighted by atomic mass is 35.5. The minimum atomic E-state index is -2.99. The summed E-state index contributed by atoms with van der Waals surface area (Å²) in [6.45, 7) is 0. The normalized spacial score (nSPS) is 24.8. The molecule has 1 aliphatic heterocycles. The Morgan fingerprint density at radius 2 is 1.82 bits per heavy atom. The number of aliphatic hydroxyl groups excluding tert-OH is 1. The van der Waals surface area contributed by atoms with Crippen molar-refractivity contribution in [3.63, 3.8) is 0 Å². The number of aliphatic hydroxyl groups is 1. The van der Waals surface area contributed by atoms with E-state index in [4.69, 9.17) is 23.2 Å². The van der Waals surface area contributed by atoms with E-state index in [1.54, 1.807) is 18.2 Å². The van der Waals surface area contributed by atoms with E-state index in [0.717, 1.165) is 0 Å². The van der Waals surface area contributed by atoms with Crippen LogP contribution < -0.4 is 0 Å². The summed E-state index contributed by atoms with van der Waals surface area (Å²) in [5.74, 6) is -0.101. The van der Waals surface area contributed by atoms with Crippen LogP contribution in [0.25, 0.3) is 0 Å². The van der Waals surface area contributed by atoms with Crippen molar-refractivity contribution < 1.29 is 13.5 Å². The Morgan fingerprint density at radius 1 is 1.24 bits per heavy atom. The third-order valence-electron chi connectivity index (χ3n) is 2.94. The third-order valence-corrected chi connectivity index (χ3v) is 5.17. The summed E-state index contributed by atoms with van der Waals surface area (Å²) in [5.41, 5.74) is 0.574. The van der Waals surface area contributed by atoms with Gasteiger partial charge >= 0.3 is 0 Å². The quantitative estimate of drug-likeness (QED) is 0.912. The molecule has 0 radical (unpaired) electrons. The Hall–Kier alpha value is -0.290. The maximum absolute atomic E-state index is 11.3. The standard InChI is InChI=1S/C11H12Cl2O3S/c12-9-3-8(4-10(13)5-9)11(14)7-1-2-17(15,16)6-7/h3-5,7,11,14H,1-2,6H2. The maximum atomic E-state index is 11.3. The number of rotatable bonds is 2. The number of benzene rings is 1. The first-order valence-electron chi connectivity index (χ1n) is 5.22. The molecule has 0 amide bonds. The van der Waals surface area contributed by atoms with E-state index in [9.17, 15) is 13.5 Å². The van der Waals surface area contributed by atoms with Gasteiger partial charge in [-0.1, -0.05) is 23.2 Å². The zero-order chi connectivity index (χ0) is 12.6. The van der Waals surface area contributed by atoms with Crippen molar-refractivity contribution in [1.29, 1.82) is 0 Å². The van der Waals surface area contributed by atoms with Gasteiger partial charge in [0.25, 0.3) is 0 Å². The molecular formula is C11H12Cl2O3S. The second kappa shape index (κ2) is 4.76. The molecule has 1 heterocycles. The second-order valence-corrected chi connectivity index (χ2v) is 7.41. The fraction of sp³-hybridized carbons (Fsp3) is 0.455. The molecule has 0 aliphatic carbocycles. The van der Waals surface area contributed by atoms with E-state index in [1.165, 1.54) is 0 Å². The van der Waals surface area contributed by atoms with Gasteiger partial charge in [0.15, 0.2) is 9.84 Å². The molecule has 1 aliphatic rings. The Morgan fingerprint density at radius 3 is 2.29 bits per heavy atom. The molecule has 1 fully saturated rings. The van der Waals surface area contributed by atoms with Crippen LogP contribution in [0.2, 0.25) is 10.0 Å². The summed E-state index contributed by atoms with van der Waals surface area (Å²) in [6.07, 6.45) is -0.350. The van der Waals surface area contributed by atoms with Gasteiger partial charge in [0.2, 0.25) is 0 Å². The van der Waals surface area contributed by atoms with Gasteiger partial charge in [-0.05, 0) is 30.2 Å². The van der Waals surface area contributed by atoms with E-state index in [1.807, 2.05) is 0 Å². The molecule has 1 aromatic carbocycles. The number of halogens is 2. The molecule has 0 aromatic heterocycles. The van der Waals surface area contributed by atoms with Gasteiger partial charge in [-0.2, -0.15) is 0 Å². The monoisotopic (exact) mass is 294 g/mol. The lowest BCUT2D eigenvalue weighted by atomic mass is 9.95. The average Bonchev–Trinajstić information content (AvgIpc) is 2.56. The lowest BCUT2D eigenvalue weighted by Crippen LogP contribution is -2.14. The molecule has 0 bridgehead atoms. The molecule has 17 heavy (non-hydrogen) atoms. The number of hydrogen-bond acceptors (Lipinski definition) is 3. The minimum absolute atomic E-state index is 0.0261. The predicted molar refractivity (Wildman–Crippen MR) is 68.2 cm³/mol. The van der Waals surface area contributed by atoms with Crippen molar-refractivity contribution >= 4 is 33.0 Å². The Balaban J connectivity index is 2.23. The molecule has 94 valence electrons. The Kier molecular flexibility index (Phi) is 3.69. The van der Waals surface area contributed by atoms with E-state index in [-0.39, 0.29) is 17.4 Å². The zero-order valence-corrected chi connectivity index (χ0v) is 11.3. The van der Waals surface area contributed by atoms with Crippen LogP contribution in [-0.4, -0.2) is 25.0 Å². The first kappa shape index (κ1) is 13.1. The molecule has 0 spiro atoms. The molecule has 3 nitrogen and oxygen atoms in total. The van der Waals surface area contributed by atoms with Crippen LogP contribution in [0.5, 0.6) is 0 Å². The van der Waals surface area contributed by atoms with Crippen LogP contribution in [0.1, 0.15) is 18.1 Å². The molecule has 1 N–H and O–H groups in total. The summed E-state index contributed by atoms with van der Waals surface area (Å²) in [4.78, 5) is 0.